The molecule has 2 spiro atoms. The van der Waals surface area contributed by atoms with Gasteiger partial charge >= 0.3 is 0 Å². The number of nitrogens with zero attached hydrogens (tertiary/aromatic N) is 3. The summed E-state index contributed by atoms with van der Waals surface area (Å²) in [5, 5.41) is 0. The van der Waals surface area contributed by atoms with Crippen molar-refractivity contribution in [2.75, 3.05) is 4.90 Å². The molecule has 66 heavy (non-hydrogen) atoms. The third kappa shape index (κ3) is 5.14. The fourth-order valence-corrected chi connectivity index (χ4v) is 12.0. The van der Waals surface area contributed by atoms with Crippen LogP contribution in [0.2, 0.25) is 0 Å². The minimum Gasteiger partial charge on any atom is -0.278 e. The van der Waals surface area contributed by atoms with Crippen LogP contribution in [-0.2, 0) is 21.7 Å². The summed E-state index contributed by atoms with van der Waals surface area (Å²) in [4.78, 5) is 14.2. The van der Waals surface area contributed by atoms with Crippen molar-refractivity contribution in [2.24, 2.45) is 0 Å². The molecule has 2 aromatic heterocycles. The Morgan fingerprint density at radius 2 is 0.652 bits per heavy atom. The number of pyridine rings is 2. The van der Waals surface area contributed by atoms with Crippen LogP contribution in [0, 0.1) is 0 Å². The largest absolute Gasteiger partial charge is 0.278 e. The van der Waals surface area contributed by atoms with Gasteiger partial charge in [0, 0.05) is 22.3 Å². The zero-order valence-electron chi connectivity index (χ0n) is 37.7. The molecule has 2 aliphatic carbocycles. The number of hydrogen-bond acceptors (Lipinski definition) is 3. The van der Waals surface area contributed by atoms with E-state index in [-0.39, 0.29) is 18.3 Å². The fraction of sp³-hybridized carbons (Fsp3) is 0.175. The Balaban J connectivity index is 0.00000456. The molecular weight excluding hydrogens is 799 g/mol. The molecule has 3 heteroatoms. The smallest absolute Gasteiger partial charge is 0.144 e. The molecule has 0 unspecified atom stereocenters. The zero-order chi connectivity index (χ0) is 44.0. The predicted molar refractivity (Wildman–Crippen MR) is 273 cm³/mol. The first-order valence-corrected chi connectivity index (χ1v) is 23.1. The standard InChI is InChI=1S/C62H49N3.CH4/c1-59(2,3)40-30-26-38(27-31-40)54-36-34-52-57(63-54)65-56-50(61(52)46-20-11-7-16-42(46)43-17-8-12-21-47(43)61)24-15-25-51(56)62(48-22-13-9-18-44(48)45-19-10-14-23-49(45)62)53-35-37-55(64-58(53)65)39-28-32-41(33-29-39)60(4,5)6;/h7-37H,1-6H3;1H4. The quantitative estimate of drug-likeness (QED) is 0.173. The number of hydrogen-bond donors (Lipinski definition) is 0. The molecule has 0 amide bonds. The van der Waals surface area contributed by atoms with E-state index >= 15 is 0 Å². The van der Waals surface area contributed by atoms with Crippen LogP contribution >= 0.6 is 0 Å². The SMILES string of the molecule is C.CC(C)(C)c1ccc(-c2ccc3c(n2)N2c4nc(-c5ccc(C(C)(C)C)cc5)ccc4C4(c5ccccc5-c5ccccc54)c4cccc(c42)C32c3ccccc3-c3ccccc32)cc1. The van der Waals surface area contributed by atoms with Gasteiger partial charge in [0.25, 0.3) is 0 Å². The maximum absolute atomic E-state index is 5.90. The first-order chi connectivity index (χ1) is 31.5. The monoisotopic (exact) mass is 851 g/mol. The fourth-order valence-electron chi connectivity index (χ4n) is 12.0. The van der Waals surface area contributed by atoms with Crippen molar-refractivity contribution < 1.29 is 0 Å². The molecule has 0 radical (unpaired) electrons. The Morgan fingerprint density at radius 1 is 0.333 bits per heavy atom. The average Bonchev–Trinajstić information content (AvgIpc) is 3.79. The van der Waals surface area contributed by atoms with Crippen LogP contribution in [0.4, 0.5) is 17.3 Å². The minimum atomic E-state index is -0.650. The Bertz CT molecular complexity index is 3130. The van der Waals surface area contributed by atoms with Crippen LogP contribution in [0.25, 0.3) is 44.8 Å². The average molecular weight is 852 g/mol. The van der Waals surface area contributed by atoms with E-state index in [1.807, 2.05) is 0 Å². The van der Waals surface area contributed by atoms with Gasteiger partial charge < -0.3 is 0 Å². The van der Waals surface area contributed by atoms with Gasteiger partial charge in [-0.2, -0.15) is 0 Å². The Hall–Kier alpha value is -7.36. The van der Waals surface area contributed by atoms with Crippen LogP contribution in [0.1, 0.15) is 105 Å². The van der Waals surface area contributed by atoms with Crippen molar-refractivity contribution in [1.29, 1.82) is 0 Å². The number of aromatic nitrogens is 2. The van der Waals surface area contributed by atoms with E-state index in [1.165, 1.54) is 66.8 Å². The van der Waals surface area contributed by atoms with Crippen LogP contribution in [0.15, 0.2) is 188 Å². The molecule has 0 atom stereocenters. The van der Waals surface area contributed by atoms with Gasteiger partial charge in [-0.3, -0.25) is 4.90 Å². The maximum atomic E-state index is 5.90. The van der Waals surface area contributed by atoms with Crippen molar-refractivity contribution in [2.45, 2.75) is 70.6 Å². The van der Waals surface area contributed by atoms with Gasteiger partial charge in [-0.15, -0.1) is 0 Å². The van der Waals surface area contributed by atoms with Crippen molar-refractivity contribution >= 4 is 17.3 Å². The number of rotatable bonds is 2. The van der Waals surface area contributed by atoms with Gasteiger partial charge in [0.1, 0.15) is 11.6 Å². The first-order valence-electron chi connectivity index (χ1n) is 23.1. The summed E-state index contributed by atoms with van der Waals surface area (Å²) in [6, 6.07) is 70.7. The van der Waals surface area contributed by atoms with Crippen LogP contribution in [0.5, 0.6) is 0 Å². The highest BCUT2D eigenvalue weighted by Gasteiger charge is 2.59. The minimum absolute atomic E-state index is 0. The zero-order valence-corrected chi connectivity index (χ0v) is 37.7. The van der Waals surface area contributed by atoms with Crippen LogP contribution in [0.3, 0.4) is 0 Å². The topological polar surface area (TPSA) is 29.0 Å². The van der Waals surface area contributed by atoms with E-state index in [4.69, 9.17) is 9.97 Å². The van der Waals surface area contributed by atoms with Gasteiger partial charge in [0.05, 0.1) is 27.9 Å². The van der Waals surface area contributed by atoms with Crippen molar-refractivity contribution in [3.8, 4) is 44.8 Å². The maximum Gasteiger partial charge on any atom is 0.144 e. The molecule has 3 nitrogen and oxygen atoms in total. The van der Waals surface area contributed by atoms with E-state index in [0.717, 1.165) is 51.0 Å². The lowest BCUT2D eigenvalue weighted by atomic mass is 9.60. The number of benzene rings is 7. The van der Waals surface area contributed by atoms with E-state index in [1.54, 1.807) is 0 Å². The molecule has 0 saturated carbocycles. The highest BCUT2D eigenvalue weighted by atomic mass is 15.3. The van der Waals surface area contributed by atoms with E-state index in [2.05, 4.69) is 234 Å². The van der Waals surface area contributed by atoms with E-state index in [9.17, 15) is 0 Å². The van der Waals surface area contributed by atoms with Gasteiger partial charge in [0.15, 0.2) is 0 Å². The summed E-state index contributed by atoms with van der Waals surface area (Å²) in [5.41, 5.74) is 21.6. The summed E-state index contributed by atoms with van der Waals surface area (Å²) >= 11 is 0. The summed E-state index contributed by atoms with van der Waals surface area (Å²) in [6.45, 7) is 13.6. The molecule has 2 aliphatic heterocycles. The summed E-state index contributed by atoms with van der Waals surface area (Å²) in [5.74, 6) is 1.83. The lowest BCUT2D eigenvalue weighted by molar-refractivity contribution is 0.590. The molecule has 9 aromatic rings. The second-order valence-electron chi connectivity index (χ2n) is 20.5. The van der Waals surface area contributed by atoms with Gasteiger partial charge in [-0.25, -0.2) is 9.97 Å². The van der Waals surface area contributed by atoms with E-state index in [0.29, 0.717) is 0 Å². The third-order valence-electron chi connectivity index (χ3n) is 15.0. The summed E-state index contributed by atoms with van der Waals surface area (Å²) < 4.78 is 0. The Kier molecular flexibility index (Phi) is 8.42. The molecule has 7 aromatic carbocycles. The number of para-hydroxylation sites is 1. The van der Waals surface area contributed by atoms with Crippen LogP contribution in [-0.4, -0.2) is 9.97 Å². The molecule has 320 valence electrons. The lowest BCUT2D eigenvalue weighted by Gasteiger charge is -2.50. The molecule has 4 heterocycles. The first kappa shape index (κ1) is 40.2. The second-order valence-corrected chi connectivity index (χ2v) is 20.5. The number of anilines is 3. The predicted octanol–water partition coefficient (Wildman–Crippen LogP) is 15.9. The second kappa shape index (κ2) is 13.8. The molecule has 0 fully saturated rings. The molecular formula is C63H53N3. The Morgan fingerprint density at radius 3 is 0.985 bits per heavy atom. The lowest BCUT2D eigenvalue weighted by Crippen LogP contribution is -2.43. The van der Waals surface area contributed by atoms with Gasteiger partial charge in [-0.1, -0.05) is 225 Å². The third-order valence-corrected chi connectivity index (χ3v) is 15.0. The van der Waals surface area contributed by atoms with Crippen LogP contribution < -0.4 is 4.90 Å². The normalized spacial score (nSPS) is 14.9. The number of fused-ring (bicyclic) bond motifs is 18. The van der Waals surface area contributed by atoms with Gasteiger partial charge in [0.2, 0.25) is 0 Å². The van der Waals surface area contributed by atoms with Gasteiger partial charge in [-0.05, 0) is 89.7 Å². The summed E-state index contributed by atoms with van der Waals surface area (Å²) in [6.07, 6.45) is 0. The van der Waals surface area contributed by atoms with Crippen molar-refractivity contribution in [3.05, 3.63) is 244 Å². The van der Waals surface area contributed by atoms with E-state index < -0.39 is 10.8 Å². The molecule has 0 bridgehead atoms. The highest BCUT2D eigenvalue weighted by Crippen LogP contribution is 2.69. The van der Waals surface area contributed by atoms with Crippen molar-refractivity contribution in [1.82, 2.24) is 9.97 Å². The highest BCUT2D eigenvalue weighted by molar-refractivity contribution is 6.01. The van der Waals surface area contributed by atoms with Crippen molar-refractivity contribution in [3.63, 3.8) is 0 Å². The Labute approximate surface area is 389 Å². The molecule has 4 aliphatic rings. The summed E-state index contributed by atoms with van der Waals surface area (Å²) in [7, 11) is 0. The molecule has 13 rings (SSSR count). The molecule has 0 N–H and O–H groups in total. The molecule has 0 saturated heterocycles.